The van der Waals surface area contributed by atoms with Gasteiger partial charge in [0, 0.05) is 13.7 Å². The summed E-state index contributed by atoms with van der Waals surface area (Å²) in [5.41, 5.74) is 5.58. The second kappa shape index (κ2) is 7.07. The Morgan fingerprint density at radius 3 is 2.86 bits per heavy atom. The average molecular weight is 310 g/mol. The first-order valence-corrected chi connectivity index (χ1v) is 7.48. The lowest BCUT2D eigenvalue weighted by atomic mass is 9.95. The van der Waals surface area contributed by atoms with Gasteiger partial charge < -0.3 is 15.2 Å². The predicted octanol–water partition coefficient (Wildman–Crippen LogP) is 1.69. The topological polar surface area (TPSA) is 64.8 Å². The first-order valence-electron chi connectivity index (χ1n) is 7.48. The third kappa shape index (κ3) is 3.23. The maximum absolute atomic E-state index is 14.0. The van der Waals surface area contributed by atoms with E-state index in [1.807, 2.05) is 17.9 Å². The predicted molar refractivity (Wildman–Crippen MR) is 81.0 cm³/mol. The molecule has 0 aliphatic carbocycles. The summed E-state index contributed by atoms with van der Waals surface area (Å²) in [5, 5.41) is 0. The molecule has 0 aromatic heterocycles. The molecule has 1 unspecified atom stereocenters. The molecule has 1 aliphatic rings. The Labute approximate surface area is 130 Å². The smallest absolute Gasteiger partial charge is 0.240 e. The molecule has 1 aliphatic heterocycles. The second-order valence-electron chi connectivity index (χ2n) is 5.55. The van der Waals surface area contributed by atoms with E-state index in [4.69, 9.17) is 15.2 Å². The highest BCUT2D eigenvalue weighted by Gasteiger charge is 2.46. The summed E-state index contributed by atoms with van der Waals surface area (Å²) in [5.74, 6) is -0.543. The maximum Gasteiger partial charge on any atom is 0.240 e. The van der Waals surface area contributed by atoms with Crippen molar-refractivity contribution >= 4 is 5.91 Å². The van der Waals surface area contributed by atoms with Gasteiger partial charge in [-0.3, -0.25) is 9.69 Å². The number of methoxy groups -OCH3 is 1. The third-order valence-corrected chi connectivity index (χ3v) is 4.14. The Morgan fingerprint density at radius 2 is 2.27 bits per heavy atom. The molecule has 122 valence electrons. The number of carbonyl (C=O) groups is 1. The van der Waals surface area contributed by atoms with E-state index in [9.17, 15) is 9.18 Å². The molecule has 0 saturated carbocycles. The van der Waals surface area contributed by atoms with E-state index in [0.29, 0.717) is 19.6 Å². The van der Waals surface area contributed by atoms with E-state index in [1.165, 1.54) is 6.07 Å². The van der Waals surface area contributed by atoms with Crippen LogP contribution in [-0.4, -0.2) is 43.2 Å². The van der Waals surface area contributed by atoms with Crippen molar-refractivity contribution in [2.75, 3.05) is 26.9 Å². The van der Waals surface area contributed by atoms with Gasteiger partial charge in [0.1, 0.15) is 5.54 Å². The van der Waals surface area contributed by atoms with E-state index >= 15 is 0 Å². The Kier molecular flexibility index (Phi) is 5.37. The van der Waals surface area contributed by atoms with Gasteiger partial charge >= 0.3 is 0 Å². The quantitative estimate of drug-likeness (QED) is 0.832. The van der Waals surface area contributed by atoms with Gasteiger partial charge in [0.2, 0.25) is 5.91 Å². The van der Waals surface area contributed by atoms with Crippen LogP contribution in [0.2, 0.25) is 0 Å². The van der Waals surface area contributed by atoms with Crippen molar-refractivity contribution in [3.05, 3.63) is 29.6 Å². The van der Waals surface area contributed by atoms with Gasteiger partial charge in [0.05, 0.1) is 13.2 Å². The average Bonchev–Trinajstić information content (AvgIpc) is 2.86. The largest absolute Gasteiger partial charge is 0.491 e. The minimum Gasteiger partial charge on any atom is -0.491 e. The lowest BCUT2D eigenvalue weighted by molar-refractivity contribution is -0.132. The molecule has 1 atom stereocenters. The number of ether oxygens (including phenoxy) is 2. The highest BCUT2D eigenvalue weighted by molar-refractivity contribution is 5.85. The zero-order valence-electron chi connectivity index (χ0n) is 13.1. The van der Waals surface area contributed by atoms with Crippen LogP contribution in [0.1, 0.15) is 25.3 Å². The molecule has 0 bridgehead atoms. The highest BCUT2D eigenvalue weighted by atomic mass is 19.1. The van der Waals surface area contributed by atoms with Crippen LogP contribution in [0.5, 0.6) is 5.75 Å². The molecule has 1 saturated heterocycles. The van der Waals surface area contributed by atoms with Crippen LogP contribution in [-0.2, 0) is 16.1 Å². The van der Waals surface area contributed by atoms with Crippen LogP contribution in [0.25, 0.3) is 0 Å². The molecule has 2 N–H and O–H groups in total. The fourth-order valence-corrected chi connectivity index (χ4v) is 3.05. The summed E-state index contributed by atoms with van der Waals surface area (Å²) >= 11 is 0. The monoisotopic (exact) mass is 310 g/mol. The van der Waals surface area contributed by atoms with Crippen molar-refractivity contribution < 1.29 is 18.7 Å². The summed E-state index contributed by atoms with van der Waals surface area (Å²) in [6.07, 6.45) is 1.53. The van der Waals surface area contributed by atoms with Crippen LogP contribution in [0, 0.1) is 5.82 Å². The first-order chi connectivity index (χ1) is 10.5. The Morgan fingerprint density at radius 1 is 1.50 bits per heavy atom. The summed E-state index contributed by atoms with van der Waals surface area (Å²) in [6.45, 7) is 3.67. The van der Waals surface area contributed by atoms with Crippen molar-refractivity contribution in [1.29, 1.82) is 0 Å². The summed E-state index contributed by atoms with van der Waals surface area (Å²) in [7, 11) is 1.55. The minimum absolute atomic E-state index is 0.241. The van der Waals surface area contributed by atoms with Crippen LogP contribution in [0.15, 0.2) is 18.2 Å². The van der Waals surface area contributed by atoms with E-state index in [0.717, 1.165) is 18.5 Å². The third-order valence-electron chi connectivity index (χ3n) is 4.14. The molecular weight excluding hydrogens is 287 g/mol. The minimum atomic E-state index is -0.802. The number of likely N-dealkylation sites (tertiary alicyclic amines) is 1. The molecule has 22 heavy (non-hydrogen) atoms. The Hall–Kier alpha value is -1.66. The SMILES string of the molecule is CCOc1ccc(CN2CCCC2(COC)C(N)=O)cc1F. The molecule has 5 nitrogen and oxygen atoms in total. The first kappa shape index (κ1) is 16.7. The van der Waals surface area contributed by atoms with E-state index in [1.54, 1.807) is 13.2 Å². The van der Waals surface area contributed by atoms with Crippen LogP contribution in [0.3, 0.4) is 0 Å². The number of amides is 1. The molecule has 0 radical (unpaired) electrons. The standard InChI is InChI=1S/C16H23FN2O3/c1-3-22-14-6-5-12(9-13(14)17)10-19-8-4-7-16(19,11-21-2)15(18)20/h5-6,9H,3-4,7-8,10-11H2,1-2H3,(H2,18,20). The fraction of sp³-hybridized carbons (Fsp3) is 0.562. The number of carbonyl (C=O) groups excluding carboxylic acids is 1. The highest BCUT2D eigenvalue weighted by Crippen LogP contribution is 2.31. The van der Waals surface area contributed by atoms with Crippen molar-refractivity contribution in [2.24, 2.45) is 5.73 Å². The number of benzene rings is 1. The van der Waals surface area contributed by atoms with Crippen molar-refractivity contribution in [2.45, 2.75) is 31.8 Å². The number of nitrogens with two attached hydrogens (primary N) is 1. The molecule has 1 fully saturated rings. The van der Waals surface area contributed by atoms with Gasteiger partial charge in [0.25, 0.3) is 0 Å². The van der Waals surface area contributed by atoms with Gasteiger partial charge in [-0.15, -0.1) is 0 Å². The Balaban J connectivity index is 2.18. The molecule has 1 aromatic rings. The normalized spacial score (nSPS) is 22.0. The van der Waals surface area contributed by atoms with Crippen LogP contribution in [0.4, 0.5) is 4.39 Å². The Bertz CT molecular complexity index is 538. The molecule has 0 spiro atoms. The molecule has 2 rings (SSSR count). The van der Waals surface area contributed by atoms with Crippen molar-refractivity contribution in [3.63, 3.8) is 0 Å². The molecule has 1 heterocycles. The zero-order chi connectivity index (χ0) is 16.2. The summed E-state index contributed by atoms with van der Waals surface area (Å²) < 4.78 is 24.3. The maximum atomic E-state index is 14.0. The molecule has 1 amide bonds. The molecule has 6 heteroatoms. The number of rotatable bonds is 7. The number of hydrogen-bond donors (Lipinski definition) is 1. The van der Waals surface area contributed by atoms with Crippen molar-refractivity contribution in [1.82, 2.24) is 4.90 Å². The summed E-state index contributed by atoms with van der Waals surface area (Å²) in [4.78, 5) is 13.9. The van der Waals surface area contributed by atoms with Crippen molar-refractivity contribution in [3.8, 4) is 5.75 Å². The number of nitrogens with zero attached hydrogens (tertiary/aromatic N) is 1. The van der Waals surface area contributed by atoms with Crippen LogP contribution >= 0.6 is 0 Å². The van der Waals surface area contributed by atoms with Gasteiger partial charge in [-0.2, -0.15) is 0 Å². The van der Waals surface area contributed by atoms with Gasteiger partial charge in [-0.25, -0.2) is 4.39 Å². The van der Waals surface area contributed by atoms with Gasteiger partial charge in [-0.05, 0) is 44.0 Å². The lowest BCUT2D eigenvalue weighted by Crippen LogP contribution is -2.56. The number of primary amides is 1. The molecule has 1 aromatic carbocycles. The van der Waals surface area contributed by atoms with E-state index in [-0.39, 0.29) is 12.4 Å². The number of halogens is 1. The lowest BCUT2D eigenvalue weighted by Gasteiger charge is -2.35. The van der Waals surface area contributed by atoms with Gasteiger partial charge in [-0.1, -0.05) is 6.07 Å². The zero-order valence-corrected chi connectivity index (χ0v) is 13.1. The molecular formula is C16H23FN2O3. The van der Waals surface area contributed by atoms with E-state index in [2.05, 4.69) is 0 Å². The summed E-state index contributed by atoms with van der Waals surface area (Å²) in [6, 6.07) is 4.87. The number of hydrogen-bond acceptors (Lipinski definition) is 4. The second-order valence-corrected chi connectivity index (χ2v) is 5.55. The fourth-order valence-electron chi connectivity index (χ4n) is 3.05. The van der Waals surface area contributed by atoms with Gasteiger partial charge in [0.15, 0.2) is 11.6 Å². The van der Waals surface area contributed by atoms with Crippen LogP contribution < -0.4 is 10.5 Å². The van der Waals surface area contributed by atoms with E-state index < -0.39 is 17.3 Å².